The Kier molecular flexibility index (Phi) is 20.2. The third kappa shape index (κ3) is 15.4. The molecule has 4 nitrogen and oxygen atoms in total. The van der Waals surface area contributed by atoms with E-state index in [2.05, 4.69) is 27.8 Å². The molecule has 0 unspecified atom stereocenters. The average molecular weight is 533 g/mol. The summed E-state index contributed by atoms with van der Waals surface area (Å²) in [5, 5.41) is 0. The SMILES string of the molecule is CCCCCCCCCCCCCCS(=O)(=O)N(C)CC[N+](C)(CC)CC.[I-]. The van der Waals surface area contributed by atoms with Crippen LogP contribution in [0.5, 0.6) is 0 Å². The van der Waals surface area contributed by atoms with E-state index in [0.29, 0.717) is 12.3 Å². The fourth-order valence-electron chi connectivity index (χ4n) is 3.34. The fraction of sp³-hybridized carbons (Fsp3) is 1.00. The van der Waals surface area contributed by atoms with Gasteiger partial charge in [-0.2, -0.15) is 4.31 Å². The van der Waals surface area contributed by atoms with Crippen molar-refractivity contribution in [1.29, 1.82) is 0 Å². The topological polar surface area (TPSA) is 37.4 Å². The Hall–Kier alpha value is 0.600. The fourth-order valence-corrected chi connectivity index (χ4v) is 4.58. The van der Waals surface area contributed by atoms with Gasteiger partial charge in [0.1, 0.15) is 0 Å². The summed E-state index contributed by atoms with van der Waals surface area (Å²) < 4.78 is 27.4. The molecule has 0 bridgehead atoms. The summed E-state index contributed by atoms with van der Waals surface area (Å²) >= 11 is 0. The summed E-state index contributed by atoms with van der Waals surface area (Å²) in [5.41, 5.74) is 0. The molecule has 0 aromatic rings. The van der Waals surface area contributed by atoms with E-state index in [1.165, 1.54) is 64.2 Å². The van der Waals surface area contributed by atoms with Crippen molar-refractivity contribution in [2.24, 2.45) is 0 Å². The normalized spacial score (nSPS) is 12.4. The van der Waals surface area contributed by atoms with Crippen LogP contribution in [0.3, 0.4) is 0 Å². The maximum atomic E-state index is 12.4. The van der Waals surface area contributed by atoms with Gasteiger partial charge in [0.05, 0.1) is 39.0 Å². The molecule has 0 atom stereocenters. The minimum Gasteiger partial charge on any atom is -1.00 e. The highest BCUT2D eigenvalue weighted by atomic mass is 127. The monoisotopic (exact) mass is 532 g/mol. The van der Waals surface area contributed by atoms with Crippen molar-refractivity contribution in [3.05, 3.63) is 0 Å². The van der Waals surface area contributed by atoms with E-state index in [1.807, 2.05) is 0 Å². The highest BCUT2D eigenvalue weighted by Crippen LogP contribution is 2.13. The third-order valence-electron chi connectivity index (χ3n) is 6.21. The van der Waals surface area contributed by atoms with Crippen LogP contribution in [0.4, 0.5) is 0 Å². The summed E-state index contributed by atoms with van der Waals surface area (Å²) in [6, 6.07) is 0. The van der Waals surface area contributed by atoms with Crippen molar-refractivity contribution in [3.8, 4) is 0 Å². The summed E-state index contributed by atoms with van der Waals surface area (Å²) in [6.07, 6.45) is 15.2. The van der Waals surface area contributed by atoms with Gasteiger partial charge < -0.3 is 28.5 Å². The standard InChI is InChI=1S/C22H49N2O2S.HI/c1-6-9-10-11-12-13-14-15-16-17-18-19-22-27(25,26)23(4)20-21-24(5,7-2)8-3;/h6-22H2,1-5H3;1H/q+1;/p-1. The summed E-state index contributed by atoms with van der Waals surface area (Å²) in [5.74, 6) is 0.308. The number of likely N-dealkylation sites (N-methyl/N-ethyl adjacent to an activating group) is 2. The van der Waals surface area contributed by atoms with E-state index in [1.54, 1.807) is 11.4 Å². The maximum Gasteiger partial charge on any atom is 0.214 e. The van der Waals surface area contributed by atoms with Crippen molar-refractivity contribution in [1.82, 2.24) is 4.31 Å². The molecule has 0 saturated heterocycles. The quantitative estimate of drug-likeness (QED) is 0.146. The Morgan fingerprint density at radius 3 is 1.50 bits per heavy atom. The maximum absolute atomic E-state index is 12.4. The number of nitrogens with zero attached hydrogens (tertiary/aromatic N) is 2. The predicted octanol–water partition coefficient (Wildman–Crippen LogP) is 2.44. The van der Waals surface area contributed by atoms with Crippen molar-refractivity contribution >= 4 is 10.0 Å². The molecule has 6 heteroatoms. The smallest absolute Gasteiger partial charge is 0.214 e. The van der Waals surface area contributed by atoms with Gasteiger partial charge in [-0.15, -0.1) is 0 Å². The second-order valence-corrected chi connectivity index (χ2v) is 10.7. The van der Waals surface area contributed by atoms with Gasteiger partial charge >= 0.3 is 0 Å². The first-order chi connectivity index (χ1) is 12.8. The Morgan fingerprint density at radius 1 is 0.714 bits per heavy atom. The largest absolute Gasteiger partial charge is 1.00 e. The number of sulfonamides is 1. The number of rotatable bonds is 19. The van der Waals surface area contributed by atoms with Gasteiger partial charge in [-0.05, 0) is 20.3 Å². The van der Waals surface area contributed by atoms with Crippen molar-refractivity contribution in [3.63, 3.8) is 0 Å². The lowest BCUT2D eigenvalue weighted by atomic mass is 10.1. The van der Waals surface area contributed by atoms with Gasteiger partial charge in [-0.25, -0.2) is 8.42 Å². The highest BCUT2D eigenvalue weighted by Gasteiger charge is 2.22. The van der Waals surface area contributed by atoms with E-state index in [9.17, 15) is 8.42 Å². The Labute approximate surface area is 194 Å². The molecule has 0 aromatic heterocycles. The van der Waals surface area contributed by atoms with Crippen LogP contribution in [0.2, 0.25) is 0 Å². The first kappa shape index (κ1) is 30.8. The summed E-state index contributed by atoms with van der Waals surface area (Å²) in [7, 11) is 0.853. The van der Waals surface area contributed by atoms with Gasteiger partial charge in [-0.1, -0.05) is 77.6 Å². The lowest BCUT2D eigenvalue weighted by molar-refractivity contribution is -0.905. The molecule has 0 aliphatic heterocycles. The molecule has 0 amide bonds. The molecular weight excluding hydrogens is 483 g/mol. The molecule has 0 radical (unpaired) electrons. The lowest BCUT2D eigenvalue weighted by Crippen LogP contribution is -3.00. The first-order valence-corrected chi connectivity index (χ1v) is 13.2. The Balaban J connectivity index is 0. The Morgan fingerprint density at radius 2 is 1.11 bits per heavy atom. The van der Waals surface area contributed by atoms with Crippen molar-refractivity contribution in [2.45, 2.75) is 97.8 Å². The second kappa shape index (κ2) is 18.4. The minimum absolute atomic E-state index is 0. The molecule has 0 rings (SSSR count). The molecule has 0 aromatic carbocycles. The average Bonchev–Trinajstić information content (AvgIpc) is 2.66. The van der Waals surface area contributed by atoms with Crippen LogP contribution >= 0.6 is 0 Å². The van der Waals surface area contributed by atoms with Crippen LogP contribution in [0.1, 0.15) is 97.8 Å². The second-order valence-electron chi connectivity index (χ2n) is 8.50. The molecule has 28 heavy (non-hydrogen) atoms. The molecule has 0 saturated carbocycles. The lowest BCUT2D eigenvalue weighted by Gasteiger charge is -2.33. The van der Waals surface area contributed by atoms with Crippen LogP contribution in [0, 0.1) is 0 Å². The van der Waals surface area contributed by atoms with E-state index in [-0.39, 0.29) is 24.0 Å². The van der Waals surface area contributed by atoms with Gasteiger partial charge in [0.2, 0.25) is 10.0 Å². The molecule has 0 spiro atoms. The zero-order valence-electron chi connectivity index (χ0n) is 19.5. The molecule has 0 fully saturated rings. The van der Waals surface area contributed by atoms with Crippen molar-refractivity contribution in [2.75, 3.05) is 46.0 Å². The van der Waals surface area contributed by atoms with E-state index >= 15 is 0 Å². The molecule has 0 N–H and O–H groups in total. The van der Waals surface area contributed by atoms with Crippen LogP contribution < -0.4 is 24.0 Å². The minimum atomic E-state index is -3.09. The van der Waals surface area contributed by atoms with Crippen LogP contribution in [-0.2, 0) is 10.0 Å². The van der Waals surface area contributed by atoms with Crippen LogP contribution in [0.25, 0.3) is 0 Å². The molecule has 0 aliphatic rings. The predicted molar refractivity (Wildman–Crippen MR) is 120 cm³/mol. The molecule has 0 aliphatic carbocycles. The van der Waals surface area contributed by atoms with E-state index < -0.39 is 10.0 Å². The highest BCUT2D eigenvalue weighted by molar-refractivity contribution is 7.89. The van der Waals surface area contributed by atoms with Crippen molar-refractivity contribution < 1.29 is 36.9 Å². The van der Waals surface area contributed by atoms with Gasteiger partial charge in [0.25, 0.3) is 0 Å². The van der Waals surface area contributed by atoms with Gasteiger partial charge in [0.15, 0.2) is 0 Å². The number of quaternary nitrogens is 1. The summed E-state index contributed by atoms with van der Waals surface area (Å²) in [6.45, 7) is 10.2. The van der Waals surface area contributed by atoms with Gasteiger partial charge in [0, 0.05) is 7.05 Å². The third-order valence-corrected chi connectivity index (χ3v) is 8.15. The van der Waals surface area contributed by atoms with Gasteiger partial charge in [-0.3, -0.25) is 0 Å². The first-order valence-electron chi connectivity index (χ1n) is 11.6. The van der Waals surface area contributed by atoms with Crippen LogP contribution in [-0.4, -0.2) is 63.2 Å². The number of halogens is 1. The molecular formula is C22H49IN2O2S. The molecule has 172 valence electrons. The zero-order valence-corrected chi connectivity index (χ0v) is 22.5. The molecule has 0 heterocycles. The zero-order chi connectivity index (χ0) is 20.6. The number of hydrogen-bond acceptors (Lipinski definition) is 2. The Bertz CT molecular complexity index is 440. The number of hydrogen-bond donors (Lipinski definition) is 0. The van der Waals surface area contributed by atoms with Crippen LogP contribution in [0.15, 0.2) is 0 Å². The summed E-state index contributed by atoms with van der Waals surface area (Å²) in [4.78, 5) is 0. The number of unbranched alkanes of at least 4 members (excludes halogenated alkanes) is 11. The van der Waals surface area contributed by atoms with E-state index in [4.69, 9.17) is 0 Å². The van der Waals surface area contributed by atoms with E-state index in [0.717, 1.165) is 37.0 Å².